The topological polar surface area (TPSA) is 126 Å². The van der Waals surface area contributed by atoms with Gasteiger partial charge in [-0.2, -0.15) is 0 Å². The molecule has 6 rings (SSSR count). The molecular formula is C43H71N2O5+. The number of carbonyl (C=O) groups excluding carboxylic acids is 2. The quantitative estimate of drug-likeness (QED) is 0.188. The maximum Gasteiger partial charge on any atom is 0.144 e. The normalized spacial score (nSPS) is 41.0. The minimum absolute atomic E-state index is 0.00995. The average Bonchev–Trinajstić information content (AvgIpc) is 3.54. The molecule has 0 spiro atoms. The van der Waals surface area contributed by atoms with Gasteiger partial charge in [-0.05, 0) is 117 Å². The first-order valence-corrected chi connectivity index (χ1v) is 21.2. The largest absolute Gasteiger partial charge is 0.396 e. The molecule has 0 amide bonds. The van der Waals surface area contributed by atoms with Crippen LogP contribution in [0.25, 0.3) is 0 Å². The SMILES string of the molecule is CCCC(CO)C1CC2C(=O)CC(=O)CCC3CC(OC)C(O)CC3C(C3CCCCC3)C#CC2CC(C2(C3CC[NH2+]C(N)C3)CCCC2)C1. The van der Waals surface area contributed by atoms with E-state index < -0.39 is 6.10 Å². The van der Waals surface area contributed by atoms with E-state index in [1.807, 2.05) is 0 Å². The number of quaternary nitrogens is 1. The summed E-state index contributed by atoms with van der Waals surface area (Å²) in [6.07, 6.45) is 20.2. The molecule has 6 aliphatic rings. The average molecular weight is 696 g/mol. The van der Waals surface area contributed by atoms with E-state index >= 15 is 0 Å². The second kappa shape index (κ2) is 17.7. The third-order valence-electron chi connectivity index (χ3n) is 15.4. The van der Waals surface area contributed by atoms with Crippen molar-refractivity contribution in [3.05, 3.63) is 0 Å². The lowest BCUT2D eigenvalue weighted by Gasteiger charge is -2.47. The summed E-state index contributed by atoms with van der Waals surface area (Å²) >= 11 is 0. The van der Waals surface area contributed by atoms with Gasteiger partial charge >= 0.3 is 0 Å². The van der Waals surface area contributed by atoms with Crippen LogP contribution in [0.2, 0.25) is 0 Å². The minimum Gasteiger partial charge on any atom is -0.396 e. The summed E-state index contributed by atoms with van der Waals surface area (Å²) < 4.78 is 5.76. The molecule has 0 radical (unpaired) electrons. The van der Waals surface area contributed by atoms with Gasteiger partial charge in [-0.1, -0.05) is 57.3 Å². The van der Waals surface area contributed by atoms with Gasteiger partial charge in [-0.3, -0.25) is 15.3 Å². The van der Waals surface area contributed by atoms with Gasteiger partial charge in [-0.15, -0.1) is 0 Å². The molecule has 6 N–H and O–H groups in total. The van der Waals surface area contributed by atoms with Crippen LogP contribution in [0.5, 0.6) is 0 Å². The molecule has 5 aliphatic carbocycles. The lowest BCUT2D eigenvalue weighted by molar-refractivity contribution is -0.700. The minimum atomic E-state index is -0.509. The third-order valence-corrected chi connectivity index (χ3v) is 15.4. The van der Waals surface area contributed by atoms with Crippen LogP contribution >= 0.6 is 0 Å². The highest BCUT2D eigenvalue weighted by atomic mass is 16.5. The van der Waals surface area contributed by atoms with Crippen molar-refractivity contribution in [3.63, 3.8) is 0 Å². The summed E-state index contributed by atoms with van der Waals surface area (Å²) in [6, 6.07) is 0. The van der Waals surface area contributed by atoms with Crippen molar-refractivity contribution in [2.45, 2.75) is 160 Å². The Morgan fingerprint density at radius 1 is 0.920 bits per heavy atom. The number of ketones is 2. The third kappa shape index (κ3) is 8.57. The number of aliphatic hydroxyl groups is 2. The van der Waals surface area contributed by atoms with E-state index in [2.05, 4.69) is 24.1 Å². The van der Waals surface area contributed by atoms with Crippen LogP contribution in [-0.2, 0) is 14.3 Å². The molecule has 0 bridgehead atoms. The van der Waals surface area contributed by atoms with E-state index in [1.54, 1.807) is 7.11 Å². The summed E-state index contributed by atoms with van der Waals surface area (Å²) in [7, 11) is 1.69. The predicted octanol–water partition coefficient (Wildman–Crippen LogP) is 5.79. The number of hydrogen-bond acceptors (Lipinski definition) is 6. The van der Waals surface area contributed by atoms with E-state index in [4.69, 9.17) is 10.5 Å². The van der Waals surface area contributed by atoms with Crippen LogP contribution in [0.3, 0.4) is 0 Å². The van der Waals surface area contributed by atoms with Crippen LogP contribution in [-0.4, -0.2) is 60.4 Å². The Hall–Kier alpha value is -1.30. The van der Waals surface area contributed by atoms with E-state index in [0.29, 0.717) is 30.6 Å². The van der Waals surface area contributed by atoms with Crippen molar-refractivity contribution in [1.82, 2.24) is 0 Å². The zero-order chi connectivity index (χ0) is 35.3. The number of nitrogens with two attached hydrogens (primary N) is 2. The maximum absolute atomic E-state index is 14.5. The molecule has 0 aromatic carbocycles. The van der Waals surface area contributed by atoms with Crippen LogP contribution in [0.4, 0.5) is 0 Å². The fourth-order valence-electron chi connectivity index (χ4n) is 12.8. The molecule has 12 atom stereocenters. The molecule has 1 aliphatic heterocycles. The zero-order valence-electron chi connectivity index (χ0n) is 31.5. The Labute approximate surface area is 303 Å². The fraction of sp³-hybridized carbons (Fsp3) is 0.907. The number of aliphatic hydroxyl groups excluding tert-OH is 2. The molecular weight excluding hydrogens is 624 g/mol. The monoisotopic (exact) mass is 696 g/mol. The number of hydrogen-bond donors (Lipinski definition) is 4. The van der Waals surface area contributed by atoms with Crippen LogP contribution in [0.15, 0.2) is 0 Å². The Morgan fingerprint density at radius 3 is 2.40 bits per heavy atom. The molecule has 0 aromatic heterocycles. The first-order chi connectivity index (χ1) is 24.3. The predicted molar refractivity (Wildman–Crippen MR) is 196 cm³/mol. The molecule has 50 heavy (non-hydrogen) atoms. The first kappa shape index (κ1) is 38.4. The lowest BCUT2D eigenvalue weighted by Crippen LogP contribution is -2.95. The second-order valence-corrected chi connectivity index (χ2v) is 18.1. The van der Waals surface area contributed by atoms with Gasteiger partial charge in [-0.25, -0.2) is 0 Å². The Kier molecular flexibility index (Phi) is 13.6. The fourth-order valence-corrected chi connectivity index (χ4v) is 12.8. The second-order valence-electron chi connectivity index (χ2n) is 18.1. The molecule has 7 heteroatoms. The van der Waals surface area contributed by atoms with Crippen LogP contribution in [0, 0.1) is 76.4 Å². The molecule has 282 valence electrons. The van der Waals surface area contributed by atoms with E-state index in [9.17, 15) is 19.8 Å². The molecule has 12 unspecified atom stereocenters. The molecule has 5 fully saturated rings. The molecule has 0 aromatic rings. The van der Waals surface area contributed by atoms with Crippen molar-refractivity contribution in [2.24, 2.45) is 70.3 Å². The number of methoxy groups -OCH3 is 1. The van der Waals surface area contributed by atoms with Crippen molar-refractivity contribution in [1.29, 1.82) is 0 Å². The number of fused-ring (bicyclic) bond motifs is 2. The maximum atomic E-state index is 14.5. The lowest BCUT2D eigenvalue weighted by atomic mass is 9.58. The molecule has 4 saturated carbocycles. The standard InChI is InChI=1S/C43H70N2O5/c1-3-9-31(27-46)32-21-34(43(17-7-8-18-43)33-16-19-45-42(44)24-33)20-29-13-15-36(28-10-5-4-6-11-28)37-26-40(49)41(50-2)23-30(37)12-14-35(47)25-39(48)38(29)22-32/h28-34,36-38,40-42,45-46,49H,3-12,14,16-27,44H2,1-2H3/p+1. The van der Waals surface area contributed by atoms with Gasteiger partial charge in [0.05, 0.1) is 25.2 Å². The summed E-state index contributed by atoms with van der Waals surface area (Å²) in [5.74, 6) is 10.4. The van der Waals surface area contributed by atoms with Crippen molar-refractivity contribution in [3.8, 4) is 11.8 Å². The molecule has 7 nitrogen and oxygen atoms in total. The first-order valence-electron chi connectivity index (χ1n) is 21.2. The van der Waals surface area contributed by atoms with Gasteiger partial charge in [0, 0.05) is 50.7 Å². The molecule has 1 saturated heterocycles. The van der Waals surface area contributed by atoms with Gasteiger partial charge < -0.3 is 20.3 Å². The van der Waals surface area contributed by atoms with Crippen molar-refractivity contribution >= 4 is 11.6 Å². The van der Waals surface area contributed by atoms with E-state index in [1.165, 1.54) is 64.2 Å². The summed E-state index contributed by atoms with van der Waals surface area (Å²) in [5, 5.41) is 24.4. The summed E-state index contributed by atoms with van der Waals surface area (Å²) in [4.78, 5) is 28.2. The Bertz CT molecular complexity index is 1180. The van der Waals surface area contributed by atoms with Gasteiger partial charge in [0.1, 0.15) is 17.7 Å². The van der Waals surface area contributed by atoms with Crippen molar-refractivity contribution in [2.75, 3.05) is 20.3 Å². The van der Waals surface area contributed by atoms with Gasteiger partial charge in [0.2, 0.25) is 0 Å². The Morgan fingerprint density at radius 2 is 1.70 bits per heavy atom. The Balaban J connectivity index is 1.43. The van der Waals surface area contributed by atoms with E-state index in [0.717, 1.165) is 57.9 Å². The highest BCUT2D eigenvalue weighted by Crippen LogP contribution is 2.58. The van der Waals surface area contributed by atoms with E-state index in [-0.39, 0.29) is 83.7 Å². The number of ether oxygens (including phenoxy) is 1. The number of piperidine rings is 1. The zero-order valence-corrected chi connectivity index (χ0v) is 31.5. The van der Waals surface area contributed by atoms with Crippen LogP contribution < -0.4 is 11.1 Å². The number of carbonyl (C=O) groups is 2. The number of rotatable bonds is 8. The highest BCUT2D eigenvalue weighted by Gasteiger charge is 2.52. The summed E-state index contributed by atoms with van der Waals surface area (Å²) in [6.45, 7) is 3.46. The number of Topliss-reactive ketones (excluding diaryl/α,β-unsaturated/α-hetero) is 2. The van der Waals surface area contributed by atoms with Crippen LogP contribution in [0.1, 0.15) is 142 Å². The van der Waals surface area contributed by atoms with Gasteiger partial charge in [0.25, 0.3) is 0 Å². The van der Waals surface area contributed by atoms with Gasteiger partial charge in [0.15, 0.2) is 0 Å². The van der Waals surface area contributed by atoms with Crippen molar-refractivity contribution < 1.29 is 29.9 Å². The smallest absolute Gasteiger partial charge is 0.144 e. The molecule has 1 heterocycles. The highest BCUT2D eigenvalue weighted by molar-refractivity contribution is 6.00. The summed E-state index contributed by atoms with van der Waals surface area (Å²) in [5.41, 5.74) is 6.85.